The molecule has 6 heteroatoms. The van der Waals surface area contributed by atoms with E-state index >= 15 is 0 Å². The molecule has 0 saturated carbocycles. The van der Waals surface area contributed by atoms with E-state index in [2.05, 4.69) is 49.9 Å². The topological polar surface area (TPSA) is 47.5 Å². The molecule has 1 aliphatic heterocycles. The van der Waals surface area contributed by atoms with E-state index in [0.29, 0.717) is 11.5 Å². The Morgan fingerprint density at radius 2 is 1.84 bits per heavy atom. The average molecular weight is 400 g/mol. The molecule has 0 fully saturated rings. The molecule has 0 bridgehead atoms. The van der Waals surface area contributed by atoms with Crippen LogP contribution in [0, 0.1) is 6.92 Å². The lowest BCUT2D eigenvalue weighted by atomic mass is 10.1. The lowest BCUT2D eigenvalue weighted by molar-refractivity contribution is 0.356. The number of nitrogens with zero attached hydrogens (tertiary/aromatic N) is 3. The highest BCUT2D eigenvalue weighted by atomic mass is 79.9. The van der Waals surface area contributed by atoms with Gasteiger partial charge >= 0.3 is 0 Å². The van der Waals surface area contributed by atoms with Crippen molar-refractivity contribution >= 4 is 38.3 Å². The second kappa shape index (κ2) is 6.19. The van der Waals surface area contributed by atoms with Gasteiger partial charge in [-0.25, -0.2) is 9.97 Å². The molecule has 0 spiro atoms. The number of halogens is 1. The summed E-state index contributed by atoms with van der Waals surface area (Å²) in [4.78, 5) is 11.3. The first-order valence-corrected chi connectivity index (χ1v) is 8.85. The zero-order valence-corrected chi connectivity index (χ0v) is 15.9. The van der Waals surface area contributed by atoms with Crippen LogP contribution in [-0.4, -0.2) is 30.7 Å². The van der Waals surface area contributed by atoms with Gasteiger partial charge in [0.1, 0.15) is 12.1 Å². The van der Waals surface area contributed by atoms with Crippen molar-refractivity contribution < 1.29 is 9.47 Å². The van der Waals surface area contributed by atoms with Crippen LogP contribution in [0.25, 0.3) is 10.9 Å². The van der Waals surface area contributed by atoms with Crippen molar-refractivity contribution in [3.05, 3.63) is 46.2 Å². The third-order valence-electron chi connectivity index (χ3n) is 4.66. The van der Waals surface area contributed by atoms with E-state index in [1.54, 1.807) is 20.5 Å². The molecule has 128 valence electrons. The highest BCUT2D eigenvalue weighted by molar-refractivity contribution is 9.10. The van der Waals surface area contributed by atoms with Crippen LogP contribution < -0.4 is 14.4 Å². The third kappa shape index (κ3) is 2.52. The Labute approximate surface area is 154 Å². The molecule has 0 aliphatic carbocycles. The summed E-state index contributed by atoms with van der Waals surface area (Å²) in [5, 5.41) is 0.951. The number of anilines is 2. The number of aryl methyl sites for hydroxylation is 1. The quantitative estimate of drug-likeness (QED) is 0.652. The molecule has 0 atom stereocenters. The molecule has 0 radical (unpaired) electrons. The number of aromatic nitrogens is 2. The Morgan fingerprint density at radius 3 is 2.60 bits per heavy atom. The minimum atomic E-state index is 0.667. The van der Waals surface area contributed by atoms with Gasteiger partial charge in [0, 0.05) is 28.2 Å². The van der Waals surface area contributed by atoms with Crippen molar-refractivity contribution in [2.45, 2.75) is 13.3 Å². The molecule has 0 saturated heterocycles. The maximum Gasteiger partial charge on any atom is 0.162 e. The summed E-state index contributed by atoms with van der Waals surface area (Å²) in [6.45, 7) is 3.02. The van der Waals surface area contributed by atoms with Crippen LogP contribution in [0.15, 0.2) is 35.1 Å². The second-order valence-electron chi connectivity index (χ2n) is 6.01. The zero-order chi connectivity index (χ0) is 17.6. The van der Waals surface area contributed by atoms with Crippen LogP contribution in [0.5, 0.6) is 11.5 Å². The molecule has 4 rings (SSSR count). The largest absolute Gasteiger partial charge is 0.493 e. The number of fused-ring (bicyclic) bond motifs is 2. The Balaban J connectivity index is 1.94. The smallest absolute Gasteiger partial charge is 0.162 e. The van der Waals surface area contributed by atoms with Gasteiger partial charge in [-0.3, -0.25) is 0 Å². The molecule has 0 amide bonds. The minimum absolute atomic E-state index is 0.667. The standard InChI is InChI=1S/C19H18BrN3O2/c1-11-4-5-14(20)12-6-7-23(18(11)12)19-13-8-16(24-2)17(25-3)9-15(13)21-10-22-19/h4-5,8-10H,6-7H2,1-3H3. The summed E-state index contributed by atoms with van der Waals surface area (Å²) in [6, 6.07) is 8.09. The predicted molar refractivity (Wildman–Crippen MR) is 102 cm³/mol. The molecule has 2 heterocycles. The summed E-state index contributed by atoms with van der Waals surface area (Å²) in [6.07, 6.45) is 2.59. The van der Waals surface area contributed by atoms with Gasteiger partial charge < -0.3 is 14.4 Å². The predicted octanol–water partition coefficient (Wildman–Crippen LogP) is 4.41. The van der Waals surface area contributed by atoms with E-state index in [1.165, 1.54) is 16.8 Å². The molecule has 0 unspecified atom stereocenters. The van der Waals surface area contributed by atoms with E-state index in [4.69, 9.17) is 9.47 Å². The number of hydrogen-bond acceptors (Lipinski definition) is 5. The lowest BCUT2D eigenvalue weighted by Gasteiger charge is -2.22. The first-order chi connectivity index (χ1) is 12.1. The average Bonchev–Trinajstić information content (AvgIpc) is 3.09. The molecule has 2 aromatic carbocycles. The number of ether oxygens (including phenoxy) is 2. The van der Waals surface area contributed by atoms with Crippen LogP contribution in [-0.2, 0) is 6.42 Å². The third-order valence-corrected chi connectivity index (χ3v) is 5.40. The number of methoxy groups -OCH3 is 2. The van der Waals surface area contributed by atoms with Gasteiger partial charge in [-0.05, 0) is 36.6 Å². The lowest BCUT2D eigenvalue weighted by Crippen LogP contribution is -2.16. The summed E-state index contributed by atoms with van der Waals surface area (Å²) < 4.78 is 12.0. The molecular formula is C19H18BrN3O2. The van der Waals surface area contributed by atoms with Crippen molar-refractivity contribution in [1.82, 2.24) is 9.97 Å². The number of benzene rings is 2. The first kappa shape index (κ1) is 16.1. The van der Waals surface area contributed by atoms with Crippen molar-refractivity contribution in [2.24, 2.45) is 0 Å². The molecule has 0 N–H and O–H groups in total. The number of rotatable bonds is 3. The van der Waals surface area contributed by atoms with E-state index in [1.807, 2.05) is 12.1 Å². The van der Waals surface area contributed by atoms with E-state index < -0.39 is 0 Å². The van der Waals surface area contributed by atoms with Crippen LogP contribution >= 0.6 is 15.9 Å². The molecule has 5 nitrogen and oxygen atoms in total. The Bertz CT molecular complexity index is 975. The van der Waals surface area contributed by atoms with Gasteiger partial charge in [0.15, 0.2) is 11.5 Å². The maximum atomic E-state index is 5.47. The van der Waals surface area contributed by atoms with Crippen LogP contribution in [0.1, 0.15) is 11.1 Å². The van der Waals surface area contributed by atoms with Crippen molar-refractivity contribution in [2.75, 3.05) is 25.7 Å². The van der Waals surface area contributed by atoms with Crippen LogP contribution in [0.2, 0.25) is 0 Å². The van der Waals surface area contributed by atoms with E-state index in [0.717, 1.165) is 34.2 Å². The van der Waals surface area contributed by atoms with Crippen molar-refractivity contribution in [1.29, 1.82) is 0 Å². The van der Waals surface area contributed by atoms with Crippen molar-refractivity contribution in [3.63, 3.8) is 0 Å². The van der Waals surface area contributed by atoms with E-state index in [-0.39, 0.29) is 0 Å². The van der Waals surface area contributed by atoms with Crippen LogP contribution in [0.3, 0.4) is 0 Å². The van der Waals surface area contributed by atoms with Gasteiger partial charge in [0.05, 0.1) is 19.7 Å². The molecule has 25 heavy (non-hydrogen) atoms. The Morgan fingerprint density at radius 1 is 1.08 bits per heavy atom. The summed E-state index contributed by atoms with van der Waals surface area (Å²) >= 11 is 3.68. The van der Waals surface area contributed by atoms with Gasteiger partial charge in [0.25, 0.3) is 0 Å². The fraction of sp³-hybridized carbons (Fsp3) is 0.263. The highest BCUT2D eigenvalue weighted by Crippen LogP contribution is 2.43. The van der Waals surface area contributed by atoms with E-state index in [9.17, 15) is 0 Å². The molecule has 1 aromatic heterocycles. The molecule has 3 aromatic rings. The number of hydrogen-bond donors (Lipinski definition) is 0. The molecular weight excluding hydrogens is 382 g/mol. The zero-order valence-electron chi connectivity index (χ0n) is 14.3. The Hall–Kier alpha value is -2.34. The highest BCUT2D eigenvalue weighted by Gasteiger charge is 2.27. The minimum Gasteiger partial charge on any atom is -0.493 e. The fourth-order valence-electron chi connectivity index (χ4n) is 3.47. The summed E-state index contributed by atoms with van der Waals surface area (Å²) in [5.74, 6) is 2.24. The van der Waals surface area contributed by atoms with Crippen molar-refractivity contribution in [3.8, 4) is 11.5 Å². The normalized spacial score (nSPS) is 13.2. The van der Waals surface area contributed by atoms with Gasteiger partial charge in [-0.15, -0.1) is 0 Å². The fourth-order valence-corrected chi connectivity index (χ4v) is 3.99. The Kier molecular flexibility index (Phi) is 4.00. The summed E-state index contributed by atoms with van der Waals surface area (Å²) in [5.41, 5.74) is 4.63. The van der Waals surface area contributed by atoms with Crippen LogP contribution in [0.4, 0.5) is 11.5 Å². The maximum absolute atomic E-state index is 5.47. The van der Waals surface area contributed by atoms with Gasteiger partial charge in [-0.1, -0.05) is 22.0 Å². The van der Waals surface area contributed by atoms with Gasteiger partial charge in [-0.2, -0.15) is 0 Å². The second-order valence-corrected chi connectivity index (χ2v) is 6.87. The molecule has 1 aliphatic rings. The van der Waals surface area contributed by atoms with Gasteiger partial charge in [0.2, 0.25) is 0 Å². The summed E-state index contributed by atoms with van der Waals surface area (Å²) in [7, 11) is 3.27. The SMILES string of the molecule is COc1cc2ncnc(N3CCc4c(Br)ccc(C)c43)c2cc1OC. The monoisotopic (exact) mass is 399 g/mol. The first-order valence-electron chi connectivity index (χ1n) is 8.06.